The predicted molar refractivity (Wildman–Crippen MR) is 65.0 cm³/mol. The molecule has 0 aromatic heterocycles. The van der Waals surface area contributed by atoms with Gasteiger partial charge >= 0.3 is 0 Å². The molecule has 1 saturated heterocycles. The van der Waals surface area contributed by atoms with Crippen LogP contribution in [0.2, 0.25) is 0 Å². The second kappa shape index (κ2) is 4.83. The van der Waals surface area contributed by atoms with Crippen molar-refractivity contribution < 1.29 is 4.39 Å². The Hall–Kier alpha value is -1.09. The normalized spacial score (nSPS) is 21.2. The Morgan fingerprint density at radius 2 is 2.25 bits per heavy atom. The molecule has 0 aliphatic carbocycles. The lowest BCUT2D eigenvalue weighted by molar-refractivity contribution is 0.475. The molecule has 88 valence electrons. The van der Waals surface area contributed by atoms with Gasteiger partial charge in [0.25, 0.3) is 0 Å². The maximum Gasteiger partial charge on any atom is 0.146 e. The maximum atomic E-state index is 13.9. The fraction of sp³-hybridized carbons (Fsp3) is 0.538. The zero-order valence-corrected chi connectivity index (χ0v) is 9.75. The van der Waals surface area contributed by atoms with Crippen molar-refractivity contribution in [3.05, 3.63) is 29.6 Å². The molecule has 1 aromatic carbocycles. The van der Waals surface area contributed by atoms with Gasteiger partial charge in [-0.2, -0.15) is 0 Å². The van der Waals surface area contributed by atoms with Crippen LogP contribution >= 0.6 is 0 Å². The van der Waals surface area contributed by atoms with E-state index in [4.69, 9.17) is 5.73 Å². The van der Waals surface area contributed by atoms with Gasteiger partial charge in [0.1, 0.15) is 5.82 Å². The highest BCUT2D eigenvalue weighted by atomic mass is 19.1. The van der Waals surface area contributed by atoms with E-state index < -0.39 is 0 Å². The van der Waals surface area contributed by atoms with E-state index in [-0.39, 0.29) is 5.82 Å². The summed E-state index contributed by atoms with van der Waals surface area (Å²) in [5, 5.41) is 0. The van der Waals surface area contributed by atoms with E-state index >= 15 is 0 Å². The third kappa shape index (κ3) is 2.19. The second-order valence-corrected chi connectivity index (χ2v) is 4.53. The topological polar surface area (TPSA) is 29.3 Å². The van der Waals surface area contributed by atoms with Gasteiger partial charge in [-0.1, -0.05) is 6.07 Å². The Labute approximate surface area is 96.2 Å². The van der Waals surface area contributed by atoms with E-state index in [1.165, 1.54) is 6.42 Å². The van der Waals surface area contributed by atoms with E-state index in [0.29, 0.717) is 12.6 Å². The van der Waals surface area contributed by atoms with Gasteiger partial charge in [-0.15, -0.1) is 0 Å². The molecule has 0 amide bonds. The Kier molecular flexibility index (Phi) is 3.44. The average Bonchev–Trinajstić information content (AvgIpc) is 2.30. The average molecular weight is 222 g/mol. The van der Waals surface area contributed by atoms with Crippen LogP contribution in [0.3, 0.4) is 0 Å². The molecule has 0 radical (unpaired) electrons. The summed E-state index contributed by atoms with van der Waals surface area (Å²) in [5.41, 5.74) is 7.07. The number of benzene rings is 1. The largest absolute Gasteiger partial charge is 0.366 e. The minimum atomic E-state index is -0.142. The fourth-order valence-electron chi connectivity index (χ4n) is 2.37. The monoisotopic (exact) mass is 222 g/mol. The minimum Gasteiger partial charge on any atom is -0.366 e. The van der Waals surface area contributed by atoms with Crippen molar-refractivity contribution in [1.29, 1.82) is 0 Å². The van der Waals surface area contributed by atoms with Crippen molar-refractivity contribution in [2.45, 2.75) is 38.8 Å². The van der Waals surface area contributed by atoms with Gasteiger partial charge in [0, 0.05) is 19.1 Å². The summed E-state index contributed by atoms with van der Waals surface area (Å²) in [6, 6.07) is 5.77. The lowest BCUT2D eigenvalue weighted by Crippen LogP contribution is -2.37. The predicted octanol–water partition coefficient (Wildman–Crippen LogP) is 2.66. The molecule has 0 bridgehead atoms. The van der Waals surface area contributed by atoms with Crippen LogP contribution in [-0.2, 0) is 6.54 Å². The summed E-state index contributed by atoms with van der Waals surface area (Å²) in [7, 11) is 0. The summed E-state index contributed by atoms with van der Waals surface area (Å²) in [4.78, 5) is 2.17. The van der Waals surface area contributed by atoms with Crippen molar-refractivity contribution >= 4 is 5.69 Å². The summed E-state index contributed by atoms with van der Waals surface area (Å²) >= 11 is 0. The molecule has 1 heterocycles. The van der Waals surface area contributed by atoms with Crippen molar-refractivity contribution in [2.24, 2.45) is 5.73 Å². The first-order valence-electron chi connectivity index (χ1n) is 5.97. The van der Waals surface area contributed by atoms with E-state index in [9.17, 15) is 4.39 Å². The number of anilines is 1. The molecule has 2 rings (SSSR count). The summed E-state index contributed by atoms with van der Waals surface area (Å²) < 4.78 is 13.9. The summed E-state index contributed by atoms with van der Waals surface area (Å²) in [6.07, 6.45) is 3.56. The smallest absolute Gasteiger partial charge is 0.146 e. The molecule has 0 saturated carbocycles. The van der Waals surface area contributed by atoms with Crippen LogP contribution < -0.4 is 10.6 Å². The molecule has 16 heavy (non-hydrogen) atoms. The highest BCUT2D eigenvalue weighted by Gasteiger charge is 2.20. The highest BCUT2D eigenvalue weighted by Crippen LogP contribution is 2.27. The zero-order chi connectivity index (χ0) is 11.5. The third-order valence-corrected chi connectivity index (χ3v) is 3.36. The first-order chi connectivity index (χ1) is 7.72. The Morgan fingerprint density at radius 3 is 2.88 bits per heavy atom. The summed E-state index contributed by atoms with van der Waals surface area (Å²) in [6.45, 7) is 3.52. The van der Waals surface area contributed by atoms with Gasteiger partial charge < -0.3 is 10.6 Å². The van der Waals surface area contributed by atoms with Crippen LogP contribution in [0.1, 0.15) is 31.7 Å². The SMILES string of the molecule is CC1CCCCN1c1ccc(CN)cc1F. The molecule has 1 atom stereocenters. The van der Waals surface area contributed by atoms with Gasteiger partial charge in [0.05, 0.1) is 5.69 Å². The number of nitrogens with zero attached hydrogens (tertiary/aromatic N) is 1. The molecule has 1 fully saturated rings. The van der Waals surface area contributed by atoms with Crippen LogP contribution in [0.5, 0.6) is 0 Å². The van der Waals surface area contributed by atoms with Crippen LogP contribution in [0.25, 0.3) is 0 Å². The first kappa shape index (κ1) is 11.4. The zero-order valence-electron chi connectivity index (χ0n) is 9.75. The van der Waals surface area contributed by atoms with E-state index in [2.05, 4.69) is 11.8 Å². The number of hydrogen-bond acceptors (Lipinski definition) is 2. The standard InChI is InChI=1S/C13H19FN2/c1-10-4-2-3-7-16(10)13-6-5-11(9-15)8-12(13)14/h5-6,8,10H,2-4,7,9,15H2,1H3. The quantitative estimate of drug-likeness (QED) is 0.833. The molecular formula is C13H19FN2. The van der Waals surface area contributed by atoms with Crippen LogP contribution in [0, 0.1) is 5.82 Å². The molecule has 1 aliphatic rings. The maximum absolute atomic E-state index is 13.9. The van der Waals surface area contributed by atoms with E-state index in [1.54, 1.807) is 6.07 Å². The Balaban J connectivity index is 2.25. The molecule has 1 aromatic rings. The third-order valence-electron chi connectivity index (χ3n) is 3.36. The number of nitrogens with two attached hydrogens (primary N) is 1. The number of hydrogen-bond donors (Lipinski definition) is 1. The number of rotatable bonds is 2. The molecule has 2 N–H and O–H groups in total. The molecule has 1 unspecified atom stereocenters. The van der Waals surface area contributed by atoms with Crippen molar-refractivity contribution in [3.8, 4) is 0 Å². The van der Waals surface area contributed by atoms with Crippen LogP contribution in [-0.4, -0.2) is 12.6 Å². The fourth-order valence-corrected chi connectivity index (χ4v) is 2.37. The molecule has 1 aliphatic heterocycles. The van der Waals surface area contributed by atoms with Gasteiger partial charge in [0.15, 0.2) is 0 Å². The van der Waals surface area contributed by atoms with Crippen LogP contribution in [0.4, 0.5) is 10.1 Å². The summed E-state index contributed by atoms with van der Waals surface area (Å²) in [5.74, 6) is -0.142. The Morgan fingerprint density at radius 1 is 1.44 bits per heavy atom. The van der Waals surface area contributed by atoms with Gasteiger partial charge in [-0.3, -0.25) is 0 Å². The molecule has 2 nitrogen and oxygen atoms in total. The van der Waals surface area contributed by atoms with Gasteiger partial charge in [-0.25, -0.2) is 4.39 Å². The van der Waals surface area contributed by atoms with E-state index in [0.717, 1.165) is 30.6 Å². The lowest BCUT2D eigenvalue weighted by Gasteiger charge is -2.35. The van der Waals surface area contributed by atoms with Gasteiger partial charge in [0.2, 0.25) is 0 Å². The van der Waals surface area contributed by atoms with Crippen molar-refractivity contribution in [3.63, 3.8) is 0 Å². The Bertz CT molecular complexity index is 365. The first-order valence-corrected chi connectivity index (χ1v) is 5.97. The van der Waals surface area contributed by atoms with E-state index in [1.807, 2.05) is 12.1 Å². The molecule has 0 spiro atoms. The minimum absolute atomic E-state index is 0.142. The van der Waals surface area contributed by atoms with Crippen molar-refractivity contribution in [2.75, 3.05) is 11.4 Å². The number of halogens is 1. The van der Waals surface area contributed by atoms with Crippen LogP contribution in [0.15, 0.2) is 18.2 Å². The highest BCUT2D eigenvalue weighted by molar-refractivity contribution is 5.50. The second-order valence-electron chi connectivity index (χ2n) is 4.53. The molecular weight excluding hydrogens is 203 g/mol. The molecule has 3 heteroatoms. The lowest BCUT2D eigenvalue weighted by atomic mass is 10.0. The van der Waals surface area contributed by atoms with Crippen molar-refractivity contribution in [1.82, 2.24) is 0 Å². The number of piperidine rings is 1. The van der Waals surface area contributed by atoms with Gasteiger partial charge in [-0.05, 0) is 43.9 Å².